The Balaban J connectivity index is 1.73. The molecule has 1 saturated carbocycles. The maximum atomic E-state index is 6.19. The summed E-state index contributed by atoms with van der Waals surface area (Å²) in [6.07, 6.45) is 6.20. The predicted molar refractivity (Wildman–Crippen MR) is 73.0 cm³/mol. The van der Waals surface area contributed by atoms with E-state index in [1.165, 1.54) is 25.7 Å². The topological polar surface area (TPSA) is 44.5 Å². The molecule has 0 radical (unpaired) electrons. The first kappa shape index (κ1) is 13.2. The van der Waals surface area contributed by atoms with Crippen molar-refractivity contribution < 1.29 is 9.47 Å². The zero-order valence-corrected chi connectivity index (χ0v) is 11.1. The van der Waals surface area contributed by atoms with Gasteiger partial charge in [0.05, 0.1) is 13.7 Å². The van der Waals surface area contributed by atoms with Crippen LogP contribution >= 0.6 is 0 Å². The van der Waals surface area contributed by atoms with Crippen LogP contribution in [-0.2, 0) is 0 Å². The second kappa shape index (κ2) is 6.64. The molecule has 0 heterocycles. The van der Waals surface area contributed by atoms with Crippen molar-refractivity contribution in [1.29, 1.82) is 0 Å². The van der Waals surface area contributed by atoms with Gasteiger partial charge in [0.15, 0.2) is 0 Å². The molecule has 100 valence electrons. The second-order valence-electron chi connectivity index (χ2n) is 5.02. The normalized spacial score (nSPS) is 17.7. The van der Waals surface area contributed by atoms with Gasteiger partial charge in [-0.2, -0.15) is 0 Å². The minimum Gasteiger partial charge on any atom is -0.497 e. The van der Waals surface area contributed by atoms with E-state index in [1.54, 1.807) is 7.11 Å². The van der Waals surface area contributed by atoms with Crippen molar-refractivity contribution >= 4 is 0 Å². The molecule has 2 N–H and O–H groups in total. The average Bonchev–Trinajstić information content (AvgIpc) is 2.93. The van der Waals surface area contributed by atoms with Crippen LogP contribution in [0.1, 0.15) is 32.1 Å². The third-order valence-electron chi connectivity index (χ3n) is 3.77. The second-order valence-corrected chi connectivity index (χ2v) is 5.02. The number of methoxy groups -OCH3 is 1. The van der Waals surface area contributed by atoms with E-state index in [1.807, 2.05) is 24.3 Å². The van der Waals surface area contributed by atoms with E-state index in [0.29, 0.717) is 12.5 Å². The van der Waals surface area contributed by atoms with Crippen molar-refractivity contribution in [2.45, 2.75) is 38.1 Å². The van der Waals surface area contributed by atoms with Crippen LogP contribution < -0.4 is 15.2 Å². The zero-order chi connectivity index (χ0) is 12.8. The van der Waals surface area contributed by atoms with Crippen LogP contribution in [0.3, 0.4) is 0 Å². The summed E-state index contributed by atoms with van der Waals surface area (Å²) in [7, 11) is 1.66. The van der Waals surface area contributed by atoms with Crippen LogP contribution in [0.5, 0.6) is 11.5 Å². The number of ether oxygens (including phenoxy) is 2. The summed E-state index contributed by atoms with van der Waals surface area (Å²) in [5.74, 6) is 2.39. The van der Waals surface area contributed by atoms with Crippen LogP contribution in [0.25, 0.3) is 0 Å². The molecule has 1 aliphatic carbocycles. The number of hydrogen-bond donors (Lipinski definition) is 1. The average molecular weight is 249 g/mol. The van der Waals surface area contributed by atoms with Crippen molar-refractivity contribution in [3.05, 3.63) is 24.3 Å². The molecule has 1 atom stereocenters. The van der Waals surface area contributed by atoms with Gasteiger partial charge in [-0.15, -0.1) is 0 Å². The van der Waals surface area contributed by atoms with Gasteiger partial charge in [-0.05, 0) is 37.3 Å². The molecular weight excluding hydrogens is 226 g/mol. The van der Waals surface area contributed by atoms with Crippen molar-refractivity contribution in [2.75, 3.05) is 13.7 Å². The van der Waals surface area contributed by atoms with Gasteiger partial charge in [0, 0.05) is 12.1 Å². The lowest BCUT2D eigenvalue weighted by molar-refractivity contribution is 0.273. The molecule has 3 heteroatoms. The highest BCUT2D eigenvalue weighted by molar-refractivity contribution is 5.32. The molecular formula is C15H23NO2. The summed E-state index contributed by atoms with van der Waals surface area (Å²) < 4.78 is 10.9. The van der Waals surface area contributed by atoms with E-state index in [0.717, 1.165) is 17.9 Å². The fourth-order valence-electron chi connectivity index (χ4n) is 2.63. The standard InChI is InChI=1S/C15H23NO2/c1-17-13-7-4-8-14(11-13)18-10-9-15(16)12-5-2-3-6-12/h4,7-8,11-12,15H,2-3,5-6,9-10,16H2,1H3. The van der Waals surface area contributed by atoms with E-state index < -0.39 is 0 Å². The molecule has 1 aliphatic rings. The van der Waals surface area contributed by atoms with Crippen LogP contribution in [0.2, 0.25) is 0 Å². The quantitative estimate of drug-likeness (QED) is 0.843. The first-order chi connectivity index (χ1) is 8.79. The first-order valence-electron chi connectivity index (χ1n) is 6.82. The molecule has 3 nitrogen and oxygen atoms in total. The molecule has 0 aliphatic heterocycles. The molecule has 0 saturated heterocycles. The van der Waals surface area contributed by atoms with E-state index in [9.17, 15) is 0 Å². The van der Waals surface area contributed by atoms with Crippen molar-refractivity contribution in [1.82, 2.24) is 0 Å². The highest BCUT2D eigenvalue weighted by atomic mass is 16.5. The van der Waals surface area contributed by atoms with E-state index >= 15 is 0 Å². The summed E-state index contributed by atoms with van der Waals surface area (Å²) in [6.45, 7) is 0.685. The van der Waals surface area contributed by atoms with Gasteiger partial charge < -0.3 is 15.2 Å². The van der Waals surface area contributed by atoms with Gasteiger partial charge in [-0.3, -0.25) is 0 Å². The number of benzene rings is 1. The molecule has 1 unspecified atom stereocenters. The molecule has 1 aromatic rings. The summed E-state index contributed by atoms with van der Waals surface area (Å²) in [4.78, 5) is 0. The van der Waals surface area contributed by atoms with E-state index in [2.05, 4.69) is 0 Å². The Labute approximate surface area is 109 Å². The molecule has 1 fully saturated rings. The maximum absolute atomic E-state index is 6.19. The predicted octanol–water partition coefficient (Wildman–Crippen LogP) is 2.98. The smallest absolute Gasteiger partial charge is 0.122 e. The molecule has 0 bridgehead atoms. The molecule has 0 aromatic heterocycles. The Hall–Kier alpha value is -1.22. The highest BCUT2D eigenvalue weighted by Crippen LogP contribution is 2.28. The van der Waals surface area contributed by atoms with Gasteiger partial charge in [-0.1, -0.05) is 18.9 Å². The van der Waals surface area contributed by atoms with Crippen molar-refractivity contribution in [3.63, 3.8) is 0 Å². The number of rotatable bonds is 6. The molecule has 0 spiro atoms. The lowest BCUT2D eigenvalue weighted by Gasteiger charge is -2.18. The minimum atomic E-state index is 0.290. The monoisotopic (exact) mass is 249 g/mol. The van der Waals surface area contributed by atoms with E-state index in [-0.39, 0.29) is 6.04 Å². The van der Waals surface area contributed by atoms with Crippen LogP contribution in [-0.4, -0.2) is 19.8 Å². The minimum absolute atomic E-state index is 0.290. The summed E-state index contributed by atoms with van der Waals surface area (Å²) >= 11 is 0. The lowest BCUT2D eigenvalue weighted by Crippen LogP contribution is -2.30. The van der Waals surface area contributed by atoms with Gasteiger partial charge in [0.2, 0.25) is 0 Å². The van der Waals surface area contributed by atoms with Crippen molar-refractivity contribution in [3.8, 4) is 11.5 Å². The Morgan fingerprint density at radius 2 is 2.00 bits per heavy atom. The summed E-state index contributed by atoms with van der Waals surface area (Å²) in [5, 5.41) is 0. The third kappa shape index (κ3) is 3.64. The highest BCUT2D eigenvalue weighted by Gasteiger charge is 2.21. The Morgan fingerprint density at radius 3 is 2.72 bits per heavy atom. The number of hydrogen-bond acceptors (Lipinski definition) is 3. The first-order valence-corrected chi connectivity index (χ1v) is 6.82. The molecule has 1 aromatic carbocycles. The van der Waals surface area contributed by atoms with Crippen LogP contribution in [0.15, 0.2) is 24.3 Å². The zero-order valence-electron chi connectivity index (χ0n) is 11.1. The summed E-state index contributed by atoms with van der Waals surface area (Å²) in [5.41, 5.74) is 6.19. The SMILES string of the molecule is COc1cccc(OCCC(N)C2CCCC2)c1. The van der Waals surface area contributed by atoms with Gasteiger partial charge in [-0.25, -0.2) is 0 Å². The molecule has 0 amide bonds. The van der Waals surface area contributed by atoms with Crippen LogP contribution in [0.4, 0.5) is 0 Å². The van der Waals surface area contributed by atoms with E-state index in [4.69, 9.17) is 15.2 Å². The largest absolute Gasteiger partial charge is 0.497 e. The Bertz CT molecular complexity index is 361. The van der Waals surface area contributed by atoms with Gasteiger partial charge >= 0.3 is 0 Å². The molecule has 18 heavy (non-hydrogen) atoms. The fraction of sp³-hybridized carbons (Fsp3) is 0.600. The third-order valence-corrected chi connectivity index (χ3v) is 3.77. The lowest BCUT2D eigenvalue weighted by atomic mass is 9.97. The van der Waals surface area contributed by atoms with Crippen molar-refractivity contribution in [2.24, 2.45) is 11.7 Å². The Morgan fingerprint density at radius 1 is 1.28 bits per heavy atom. The molecule has 2 rings (SSSR count). The summed E-state index contributed by atoms with van der Waals surface area (Å²) in [6, 6.07) is 7.99. The maximum Gasteiger partial charge on any atom is 0.122 e. The number of nitrogens with two attached hydrogens (primary N) is 1. The fourth-order valence-corrected chi connectivity index (χ4v) is 2.63. The van der Waals surface area contributed by atoms with Crippen LogP contribution in [0, 0.1) is 5.92 Å². The van der Waals surface area contributed by atoms with Gasteiger partial charge in [0.25, 0.3) is 0 Å². The Kier molecular flexibility index (Phi) is 4.88. The van der Waals surface area contributed by atoms with Gasteiger partial charge in [0.1, 0.15) is 11.5 Å².